The average molecular weight is 980 g/mol. The van der Waals surface area contributed by atoms with E-state index in [0.717, 1.165) is 55.2 Å². The molecule has 0 spiro atoms. The first kappa shape index (κ1) is 48.9. The molecular formula is C52H61BCl2N6O8. The number of aliphatic hydroxyl groups is 1. The molecule has 0 radical (unpaired) electrons. The van der Waals surface area contributed by atoms with E-state index in [4.69, 9.17) is 47.0 Å². The number of likely N-dealkylation sites (tertiary alicyclic amines) is 1. The minimum atomic E-state index is -0.866. The van der Waals surface area contributed by atoms with Crippen molar-refractivity contribution in [1.82, 2.24) is 20.7 Å². The number of aromatic nitrogens is 1. The van der Waals surface area contributed by atoms with Crippen molar-refractivity contribution in [3.8, 4) is 11.8 Å². The van der Waals surface area contributed by atoms with E-state index in [1.165, 1.54) is 4.90 Å². The number of nitrogens with zero attached hydrogens (tertiary/aromatic N) is 3. The topological polar surface area (TPSA) is 188 Å². The maximum Gasteiger partial charge on any atom is 0.495 e. The Hall–Kier alpha value is -5.11. The summed E-state index contributed by atoms with van der Waals surface area (Å²) in [5.41, 5.74) is 3.57. The van der Waals surface area contributed by atoms with Gasteiger partial charge in [-0.15, -0.1) is 0 Å². The summed E-state index contributed by atoms with van der Waals surface area (Å²) in [6, 6.07) is 21.2. The maximum absolute atomic E-state index is 14.0. The number of rotatable bonds is 15. The Morgan fingerprint density at radius 1 is 1.01 bits per heavy atom. The van der Waals surface area contributed by atoms with E-state index >= 15 is 0 Å². The van der Waals surface area contributed by atoms with Crippen molar-refractivity contribution in [2.24, 2.45) is 23.2 Å². The number of anilines is 1. The van der Waals surface area contributed by atoms with Gasteiger partial charge >= 0.3 is 7.12 Å². The van der Waals surface area contributed by atoms with Gasteiger partial charge in [0.25, 0.3) is 5.91 Å². The molecule has 2 aliphatic heterocycles. The summed E-state index contributed by atoms with van der Waals surface area (Å²) in [7, 11) is -0.721. The minimum absolute atomic E-state index is 0.0137. The van der Waals surface area contributed by atoms with Crippen molar-refractivity contribution in [2.75, 3.05) is 18.4 Å². The fraction of sp³-hybridized carbons (Fsp3) is 0.519. The molecule has 69 heavy (non-hydrogen) atoms. The predicted molar refractivity (Wildman–Crippen MR) is 262 cm³/mol. The van der Waals surface area contributed by atoms with E-state index in [2.05, 4.69) is 41.0 Å². The number of carbonyl (C=O) groups excluding carboxylic acids is 3. The average Bonchev–Trinajstić information content (AvgIpc) is 4.05. The van der Waals surface area contributed by atoms with Gasteiger partial charge in [-0.25, -0.2) is 0 Å². The Kier molecular flexibility index (Phi) is 14.1. The zero-order chi connectivity index (χ0) is 48.8. The zero-order valence-electron chi connectivity index (χ0n) is 39.8. The third kappa shape index (κ3) is 9.98. The van der Waals surface area contributed by atoms with Crippen molar-refractivity contribution in [3.05, 3.63) is 105 Å². The summed E-state index contributed by atoms with van der Waals surface area (Å²) in [6.07, 6.45) is 4.93. The third-order valence-corrected chi connectivity index (χ3v) is 16.2. The number of nitriles is 1. The lowest BCUT2D eigenvalue weighted by Crippen LogP contribution is -2.67. The van der Waals surface area contributed by atoms with Gasteiger partial charge in [0.05, 0.1) is 40.2 Å². The molecule has 0 unspecified atom stereocenters. The van der Waals surface area contributed by atoms with Crippen LogP contribution in [0.15, 0.2) is 71.3 Å². The number of benzene rings is 3. The Bertz CT molecular complexity index is 2600. The molecule has 14 nitrogen and oxygen atoms in total. The van der Waals surface area contributed by atoms with E-state index in [-0.39, 0.29) is 72.7 Å². The highest BCUT2D eigenvalue weighted by molar-refractivity contribution is 6.63. The van der Waals surface area contributed by atoms with Crippen LogP contribution in [0.2, 0.25) is 10.0 Å². The number of aliphatic hydroxyl groups excluding tert-OH is 1. The summed E-state index contributed by atoms with van der Waals surface area (Å²) in [5, 5.41) is 34.6. The van der Waals surface area contributed by atoms with Crippen molar-refractivity contribution in [3.63, 3.8) is 0 Å². The molecule has 4 saturated carbocycles. The largest absolute Gasteiger partial charge is 0.495 e. The summed E-state index contributed by atoms with van der Waals surface area (Å²) in [4.78, 5) is 42.8. The molecule has 17 heteroatoms. The number of ether oxygens (including phenoxy) is 1. The summed E-state index contributed by atoms with van der Waals surface area (Å²) in [5.74, 6) is 0.313. The Morgan fingerprint density at radius 3 is 2.46 bits per heavy atom. The number of hydrogen-bond acceptors (Lipinski definition) is 11. The first-order valence-electron chi connectivity index (χ1n) is 24.3. The van der Waals surface area contributed by atoms with Crippen LogP contribution in [0.3, 0.4) is 0 Å². The van der Waals surface area contributed by atoms with Gasteiger partial charge in [-0.1, -0.05) is 62.1 Å². The van der Waals surface area contributed by atoms with Crippen LogP contribution in [0, 0.1) is 41.4 Å². The van der Waals surface area contributed by atoms with E-state index < -0.39 is 30.8 Å². The van der Waals surface area contributed by atoms with Crippen LogP contribution in [0.4, 0.5) is 5.69 Å². The van der Waals surface area contributed by atoms with Crippen LogP contribution in [0.1, 0.15) is 118 Å². The lowest BCUT2D eigenvalue weighted by atomic mass is 9.43. The Morgan fingerprint density at radius 2 is 1.78 bits per heavy atom. The van der Waals surface area contributed by atoms with Crippen LogP contribution in [0.25, 0.3) is 0 Å². The highest BCUT2D eigenvalue weighted by atomic mass is 35.5. The van der Waals surface area contributed by atoms with E-state index in [9.17, 15) is 19.5 Å². The minimum Gasteiger partial charge on any atom is -0.490 e. The quantitative estimate of drug-likeness (QED) is 0.0855. The number of aryl methyl sites for hydroxylation is 1. The molecule has 4 aromatic rings. The highest BCUT2D eigenvalue weighted by Crippen LogP contribution is 2.66. The summed E-state index contributed by atoms with van der Waals surface area (Å²) < 4.78 is 25.7. The summed E-state index contributed by atoms with van der Waals surface area (Å²) >= 11 is 12.8. The van der Waals surface area contributed by atoms with Crippen LogP contribution in [0.5, 0.6) is 5.75 Å². The number of β-amino-alcohol motifs (C(OH)–C–C–N with tert-alkyl or cyclic N) is 1. The lowest BCUT2D eigenvalue weighted by Gasteiger charge is -2.65. The molecular weight excluding hydrogens is 918 g/mol. The first-order chi connectivity index (χ1) is 33.0. The molecule has 3 amide bonds. The monoisotopic (exact) mass is 978 g/mol. The van der Waals surface area contributed by atoms with Crippen molar-refractivity contribution in [2.45, 2.75) is 134 Å². The molecule has 10 rings (SSSR count). The Labute approximate surface area is 414 Å². The van der Waals surface area contributed by atoms with Gasteiger partial charge in [-0.3, -0.25) is 14.4 Å². The normalized spacial score (nSPS) is 27.2. The second kappa shape index (κ2) is 20.0. The molecule has 7 atom stereocenters. The van der Waals surface area contributed by atoms with Gasteiger partial charge in [0.2, 0.25) is 11.8 Å². The second-order valence-electron chi connectivity index (χ2n) is 20.7. The van der Waals surface area contributed by atoms with Gasteiger partial charge in [-0.2, -0.15) is 5.26 Å². The summed E-state index contributed by atoms with van der Waals surface area (Å²) in [6.45, 7) is 11.1. The number of halogens is 2. The van der Waals surface area contributed by atoms with Crippen molar-refractivity contribution in [1.29, 1.82) is 5.26 Å². The molecule has 4 aliphatic carbocycles. The van der Waals surface area contributed by atoms with E-state index in [1.807, 2.05) is 50.2 Å². The number of nitrogens with one attached hydrogen (secondary N) is 3. The molecule has 2 saturated heterocycles. The standard InChI is InChI=1S/C52H61BCl2N6O8/c1-29(2)47(44-20-30(3)60-68-44)50(65)61-28-38(62)24-43(61)49(64)58-27-33-6-10-35(54)23-41(33)53-67-46-22-34-21-45(51(34,4)5)52(46,69-53)18-19-57-36-11-7-31(8-12-36)48(63)59-37-13-16-39(17-14-37)66-40-15-9-32(26-56)42(55)25-40/h6-12,15,20,23,25,29,34,37-39,43,45-47,57,62H,13-14,16-19,21-22,24,27-28H2,1-5H3,(H,58,64)(H,59,63)/t34-,37-,38-,39-,43+,45-,46+,47+,52-/m1/s1. The van der Waals surface area contributed by atoms with E-state index in [1.54, 1.807) is 37.3 Å². The second-order valence-corrected chi connectivity index (χ2v) is 21.5. The molecule has 6 aliphatic rings. The molecule has 4 N–H and O–H groups in total. The Balaban J connectivity index is 0.812. The molecule has 2 bridgehead atoms. The van der Waals surface area contributed by atoms with Crippen molar-refractivity contribution >= 4 is 59.2 Å². The van der Waals surface area contributed by atoms with Crippen LogP contribution < -0.4 is 26.2 Å². The number of hydrogen-bond donors (Lipinski definition) is 4. The smallest absolute Gasteiger partial charge is 0.490 e. The highest BCUT2D eigenvalue weighted by Gasteiger charge is 2.69. The van der Waals surface area contributed by atoms with Gasteiger partial charge in [0, 0.05) is 60.5 Å². The van der Waals surface area contributed by atoms with E-state index in [0.29, 0.717) is 57.3 Å². The van der Waals surface area contributed by atoms with Crippen LogP contribution in [-0.2, 0) is 25.4 Å². The van der Waals surface area contributed by atoms with Crippen LogP contribution >= 0.6 is 23.2 Å². The van der Waals surface area contributed by atoms with Crippen molar-refractivity contribution < 1.29 is 38.1 Å². The molecule has 6 fully saturated rings. The van der Waals surface area contributed by atoms with Gasteiger partial charge < -0.3 is 44.5 Å². The van der Waals surface area contributed by atoms with Gasteiger partial charge in [0.15, 0.2) is 0 Å². The third-order valence-electron chi connectivity index (χ3n) is 15.6. The number of carbonyl (C=O) groups is 3. The molecule has 1 aromatic heterocycles. The first-order valence-corrected chi connectivity index (χ1v) is 25.1. The van der Waals surface area contributed by atoms with Gasteiger partial charge in [0.1, 0.15) is 29.5 Å². The number of amides is 3. The van der Waals surface area contributed by atoms with Gasteiger partial charge in [-0.05, 0) is 135 Å². The lowest BCUT2D eigenvalue weighted by molar-refractivity contribution is -0.209. The zero-order valence-corrected chi connectivity index (χ0v) is 41.3. The predicted octanol–water partition coefficient (Wildman–Crippen LogP) is 7.72. The fourth-order valence-corrected chi connectivity index (χ4v) is 12.1. The maximum atomic E-state index is 14.0. The SMILES string of the molecule is Cc1cc([C@@H](C(=O)N2C[C@H](O)C[C@H]2C(=O)NCc2ccc(Cl)cc2B2O[C@H]3C[C@H]4C[C@H](C4(C)C)[C@@]3(CCNc3ccc(C(=O)N[C@H]4CC[C@H](Oc5ccc(C#N)c(Cl)c5)CC4)cc3)O2)C(C)C)on1. The fourth-order valence-electron chi connectivity index (χ4n) is 11.7. The molecule has 3 aromatic carbocycles. The molecule has 3 heterocycles. The van der Waals surface area contributed by atoms with Crippen LogP contribution in [-0.4, -0.2) is 89.1 Å². The molecule has 364 valence electrons.